The van der Waals surface area contributed by atoms with Crippen molar-refractivity contribution in [3.8, 4) is 0 Å². The third kappa shape index (κ3) is 2.74. The largest absolute Gasteiger partial charge is 0.365 e. The minimum absolute atomic E-state index is 0.256. The molecule has 1 unspecified atom stereocenters. The van der Waals surface area contributed by atoms with E-state index in [0.717, 1.165) is 0 Å². The molecule has 0 amide bonds. The Morgan fingerprint density at radius 1 is 1.11 bits per heavy atom. The molecule has 0 aliphatic carbocycles. The van der Waals surface area contributed by atoms with Crippen LogP contribution in [0.4, 0.5) is 5.69 Å². The predicted molar refractivity (Wildman–Crippen MR) is 80.4 cm³/mol. The Hall–Kier alpha value is -1.32. The molecule has 1 atom stereocenters. The van der Waals surface area contributed by atoms with Crippen molar-refractivity contribution < 1.29 is 0 Å². The summed E-state index contributed by atoms with van der Waals surface area (Å²) in [6, 6.07) is 13.2. The number of rotatable bonds is 4. The van der Waals surface area contributed by atoms with Crippen molar-refractivity contribution in [2.75, 3.05) is 18.5 Å². The summed E-state index contributed by atoms with van der Waals surface area (Å²) >= 11 is 1.82. The number of hydrogen-bond acceptors (Lipinski definition) is 3. The molecule has 1 aromatic heterocycles. The molecule has 3 heteroatoms. The molecule has 0 aliphatic rings. The number of nitrogens with zero attached hydrogens (tertiary/aromatic N) is 1. The molecule has 0 fully saturated rings. The Kier molecular flexibility index (Phi) is 4.04. The van der Waals surface area contributed by atoms with Gasteiger partial charge in [0.2, 0.25) is 0 Å². The lowest BCUT2D eigenvalue weighted by atomic mass is 10.1. The predicted octanol–water partition coefficient (Wildman–Crippen LogP) is 3.50. The molecule has 0 spiro atoms. The number of anilines is 1. The van der Waals surface area contributed by atoms with E-state index >= 15 is 0 Å². The van der Waals surface area contributed by atoms with Crippen molar-refractivity contribution in [3.05, 3.63) is 51.7 Å². The van der Waals surface area contributed by atoms with E-state index in [1.807, 2.05) is 11.3 Å². The number of benzene rings is 1. The number of hydrogen-bond donors (Lipinski definition) is 1. The van der Waals surface area contributed by atoms with Gasteiger partial charge in [0.05, 0.1) is 6.04 Å². The van der Waals surface area contributed by atoms with Crippen molar-refractivity contribution in [2.24, 2.45) is 5.73 Å². The van der Waals surface area contributed by atoms with E-state index in [0.29, 0.717) is 6.54 Å². The Bertz CT molecular complexity index is 501. The van der Waals surface area contributed by atoms with E-state index in [4.69, 9.17) is 5.73 Å². The second-order valence-corrected chi connectivity index (χ2v) is 5.97. The molecule has 2 N–H and O–H groups in total. The van der Waals surface area contributed by atoms with E-state index in [1.54, 1.807) is 0 Å². The molecule has 0 bridgehead atoms. The Morgan fingerprint density at radius 2 is 1.78 bits per heavy atom. The zero-order valence-corrected chi connectivity index (χ0v) is 12.0. The molecule has 1 aromatic carbocycles. The fraction of sp³-hybridized carbons (Fsp3) is 0.333. The summed E-state index contributed by atoms with van der Waals surface area (Å²) in [6.45, 7) is 4.87. The third-order valence-corrected chi connectivity index (χ3v) is 4.32. The number of aryl methyl sites for hydroxylation is 2. The lowest BCUT2D eigenvalue weighted by Gasteiger charge is -2.28. The summed E-state index contributed by atoms with van der Waals surface area (Å²) in [5, 5.41) is 0. The summed E-state index contributed by atoms with van der Waals surface area (Å²) < 4.78 is 0. The highest BCUT2D eigenvalue weighted by molar-refractivity contribution is 7.12. The summed E-state index contributed by atoms with van der Waals surface area (Å²) in [4.78, 5) is 4.92. The molecule has 0 radical (unpaired) electrons. The summed E-state index contributed by atoms with van der Waals surface area (Å²) in [5.74, 6) is 0. The Balaban J connectivity index is 2.25. The minimum Gasteiger partial charge on any atom is -0.365 e. The van der Waals surface area contributed by atoms with Crippen LogP contribution in [-0.2, 0) is 0 Å². The van der Waals surface area contributed by atoms with Gasteiger partial charge in [0.15, 0.2) is 0 Å². The molecule has 96 valence electrons. The van der Waals surface area contributed by atoms with Crippen LogP contribution in [0.1, 0.15) is 21.4 Å². The van der Waals surface area contributed by atoms with Gasteiger partial charge in [0, 0.05) is 29.0 Å². The SMILES string of the molecule is Cc1ccc(N(C)C(CN)c2ccc(C)s2)cc1. The monoisotopic (exact) mass is 260 g/mol. The maximum absolute atomic E-state index is 5.95. The van der Waals surface area contributed by atoms with Crippen LogP contribution in [0.2, 0.25) is 0 Å². The van der Waals surface area contributed by atoms with E-state index in [9.17, 15) is 0 Å². The van der Waals surface area contributed by atoms with Crippen molar-refractivity contribution >= 4 is 17.0 Å². The average molecular weight is 260 g/mol. The molecule has 0 saturated carbocycles. The maximum atomic E-state index is 5.95. The van der Waals surface area contributed by atoms with Gasteiger partial charge in [0.1, 0.15) is 0 Å². The molecule has 2 aromatic rings. The minimum atomic E-state index is 0.256. The molecule has 18 heavy (non-hydrogen) atoms. The first-order valence-corrected chi connectivity index (χ1v) is 6.99. The van der Waals surface area contributed by atoms with Crippen molar-refractivity contribution in [1.29, 1.82) is 0 Å². The zero-order chi connectivity index (χ0) is 13.1. The smallest absolute Gasteiger partial charge is 0.0753 e. The molecule has 1 heterocycles. The highest BCUT2D eigenvalue weighted by Crippen LogP contribution is 2.29. The van der Waals surface area contributed by atoms with E-state index in [-0.39, 0.29) is 6.04 Å². The van der Waals surface area contributed by atoms with E-state index in [2.05, 4.69) is 62.2 Å². The fourth-order valence-electron chi connectivity index (χ4n) is 2.06. The van der Waals surface area contributed by atoms with Crippen molar-refractivity contribution in [1.82, 2.24) is 0 Å². The first-order chi connectivity index (χ1) is 8.61. The van der Waals surface area contributed by atoms with Crippen LogP contribution in [0.25, 0.3) is 0 Å². The number of nitrogens with two attached hydrogens (primary N) is 1. The lowest BCUT2D eigenvalue weighted by Crippen LogP contribution is -2.29. The average Bonchev–Trinajstić information content (AvgIpc) is 2.77. The summed E-state index contributed by atoms with van der Waals surface area (Å²) in [6.07, 6.45) is 0. The van der Waals surface area contributed by atoms with Gasteiger partial charge in [0.25, 0.3) is 0 Å². The van der Waals surface area contributed by atoms with Crippen LogP contribution in [0.3, 0.4) is 0 Å². The van der Waals surface area contributed by atoms with Gasteiger partial charge in [-0.05, 0) is 38.1 Å². The molecular formula is C15H20N2S. The third-order valence-electron chi connectivity index (χ3n) is 3.22. The van der Waals surface area contributed by atoms with Gasteiger partial charge in [-0.1, -0.05) is 17.7 Å². The van der Waals surface area contributed by atoms with Gasteiger partial charge in [-0.2, -0.15) is 0 Å². The standard InChI is InChI=1S/C15H20N2S/c1-11-4-7-13(8-5-11)17(3)14(10-16)15-9-6-12(2)18-15/h4-9,14H,10,16H2,1-3H3. The van der Waals surface area contributed by atoms with Crippen LogP contribution in [0.5, 0.6) is 0 Å². The normalized spacial score (nSPS) is 12.4. The van der Waals surface area contributed by atoms with Crippen molar-refractivity contribution in [2.45, 2.75) is 19.9 Å². The molecule has 2 nitrogen and oxygen atoms in total. The van der Waals surface area contributed by atoms with Crippen LogP contribution in [-0.4, -0.2) is 13.6 Å². The maximum Gasteiger partial charge on any atom is 0.0753 e. The fourth-order valence-corrected chi connectivity index (χ4v) is 3.09. The van der Waals surface area contributed by atoms with Crippen LogP contribution in [0, 0.1) is 13.8 Å². The van der Waals surface area contributed by atoms with Gasteiger partial charge in [-0.3, -0.25) is 0 Å². The van der Waals surface area contributed by atoms with Crippen LogP contribution < -0.4 is 10.6 Å². The molecular weight excluding hydrogens is 240 g/mol. The van der Waals surface area contributed by atoms with Gasteiger partial charge < -0.3 is 10.6 Å². The van der Waals surface area contributed by atoms with Crippen LogP contribution in [0.15, 0.2) is 36.4 Å². The van der Waals surface area contributed by atoms with Crippen molar-refractivity contribution in [3.63, 3.8) is 0 Å². The van der Waals surface area contributed by atoms with Gasteiger partial charge >= 0.3 is 0 Å². The molecule has 0 saturated heterocycles. The highest BCUT2D eigenvalue weighted by Gasteiger charge is 2.17. The quantitative estimate of drug-likeness (QED) is 0.911. The zero-order valence-electron chi connectivity index (χ0n) is 11.2. The number of likely N-dealkylation sites (N-methyl/N-ethyl adjacent to an activating group) is 1. The summed E-state index contributed by atoms with van der Waals surface area (Å²) in [7, 11) is 2.11. The lowest BCUT2D eigenvalue weighted by molar-refractivity contribution is 0.692. The molecule has 0 aliphatic heterocycles. The molecule has 2 rings (SSSR count). The Labute approximate surface area is 113 Å². The second kappa shape index (κ2) is 5.55. The Morgan fingerprint density at radius 3 is 2.28 bits per heavy atom. The highest BCUT2D eigenvalue weighted by atomic mass is 32.1. The first-order valence-electron chi connectivity index (χ1n) is 6.17. The van der Waals surface area contributed by atoms with E-state index in [1.165, 1.54) is 21.0 Å². The number of thiophene rings is 1. The van der Waals surface area contributed by atoms with Gasteiger partial charge in [-0.25, -0.2) is 0 Å². The first kappa shape index (κ1) is 13.1. The second-order valence-electron chi connectivity index (χ2n) is 4.65. The van der Waals surface area contributed by atoms with Gasteiger partial charge in [-0.15, -0.1) is 11.3 Å². The topological polar surface area (TPSA) is 29.3 Å². The van der Waals surface area contributed by atoms with Crippen LogP contribution >= 0.6 is 11.3 Å². The van der Waals surface area contributed by atoms with E-state index < -0.39 is 0 Å². The summed E-state index contributed by atoms with van der Waals surface area (Å²) in [5.41, 5.74) is 8.44.